The van der Waals surface area contributed by atoms with Crippen molar-refractivity contribution in [3.63, 3.8) is 0 Å². The number of aliphatic hydroxyl groups excluding tert-OH is 24. The molecule has 0 aliphatic carbocycles. The molecule has 9 fully saturated rings. The molecule has 0 saturated carbocycles. The summed E-state index contributed by atoms with van der Waals surface area (Å²) >= 11 is 0. The molecule has 9 rings (SSSR count). The van der Waals surface area contributed by atoms with Gasteiger partial charge in [-0.1, -0.05) is 0 Å². The van der Waals surface area contributed by atoms with Gasteiger partial charge in [0.1, 0.15) is 207 Å². The van der Waals surface area contributed by atoms with Crippen molar-refractivity contribution in [3.05, 3.63) is 0 Å². The molecular weight excluding hydrogens is 1680 g/mol. The predicted octanol–water partition coefficient (Wildman–Crippen LogP) is -20.0. The van der Waals surface area contributed by atoms with Gasteiger partial charge in [0, 0.05) is 34.1 Å². The average molecular weight is 1790 g/mol. The van der Waals surface area contributed by atoms with Crippen molar-refractivity contribution in [2.45, 2.75) is 323 Å². The summed E-state index contributed by atoms with van der Waals surface area (Å²) in [4.78, 5) is 64.3. The highest BCUT2D eigenvalue weighted by atomic mass is 32.3. The Balaban J connectivity index is 1.03. The van der Waals surface area contributed by atoms with Gasteiger partial charge in [-0.15, -0.1) is 0 Å². The van der Waals surface area contributed by atoms with E-state index in [0.29, 0.717) is 0 Å². The van der Waals surface area contributed by atoms with Crippen LogP contribution in [-0.2, 0) is 119 Å². The topological polar surface area (TPSA) is 860 Å². The number of aliphatic hydroxyl groups is 24. The molecule has 9 saturated heterocycles. The van der Waals surface area contributed by atoms with Crippen molar-refractivity contribution in [2.75, 3.05) is 52.9 Å². The number of amides is 4. The van der Waals surface area contributed by atoms with Crippen LogP contribution in [0.5, 0.6) is 0 Å². The maximum absolute atomic E-state index is 13.3. The first-order valence-corrected chi connectivity index (χ1v) is 39.1. The van der Waals surface area contributed by atoms with Crippen LogP contribution in [0.3, 0.4) is 0 Å². The van der Waals surface area contributed by atoms with Crippen LogP contribution in [0.1, 0.15) is 41.0 Å². The summed E-state index contributed by atoms with van der Waals surface area (Å²) in [7, 11) is -5.65. The normalized spacial score (nSPS) is 46.8. The van der Waals surface area contributed by atoms with Gasteiger partial charge in [-0.3, -0.25) is 23.7 Å². The maximum atomic E-state index is 13.3. The number of carbonyl (C=O) groups is 5. The molecule has 46 atom stereocenters. The number of aliphatic carboxylic acids is 1. The van der Waals surface area contributed by atoms with Crippen molar-refractivity contribution >= 4 is 40.0 Å². The van der Waals surface area contributed by atoms with E-state index in [1.54, 1.807) is 0 Å². The molecule has 121 heavy (non-hydrogen) atoms. The molecule has 9 aliphatic rings. The lowest BCUT2D eigenvalue weighted by Crippen LogP contribution is -2.71. The summed E-state index contributed by atoms with van der Waals surface area (Å²) < 4.78 is 139. The number of hydrogen-bond donors (Lipinski definition) is 30. The van der Waals surface area contributed by atoms with Crippen LogP contribution in [0.25, 0.3) is 0 Å². The van der Waals surface area contributed by atoms with Gasteiger partial charge < -0.3 is 229 Å². The van der Waals surface area contributed by atoms with E-state index in [9.17, 15) is 165 Å². The molecule has 0 aromatic heterocycles. The summed E-state index contributed by atoms with van der Waals surface area (Å²) in [6.45, 7) is -4.71. The number of ether oxygens (including phenoxy) is 17. The van der Waals surface area contributed by atoms with E-state index in [2.05, 4.69) is 25.5 Å². The van der Waals surface area contributed by atoms with Crippen LogP contribution in [0.4, 0.5) is 0 Å². The molecule has 55 nitrogen and oxygen atoms in total. The second kappa shape index (κ2) is 42.7. The molecule has 0 radical (unpaired) electrons. The summed E-state index contributed by atoms with van der Waals surface area (Å²) in [6, 6.07) is -7.83. The molecule has 9 aliphatic heterocycles. The smallest absolute Gasteiger partial charge is 0.397 e. The number of hydrogen-bond acceptors (Lipinski definition) is 49. The van der Waals surface area contributed by atoms with Gasteiger partial charge in [0.2, 0.25) is 23.6 Å². The second-order valence-electron chi connectivity index (χ2n) is 30.1. The molecule has 4 amide bonds. The second-order valence-corrected chi connectivity index (χ2v) is 31.2. The van der Waals surface area contributed by atoms with E-state index in [-0.39, 0.29) is 0 Å². The van der Waals surface area contributed by atoms with Crippen LogP contribution in [0.15, 0.2) is 0 Å². The highest BCUT2D eigenvalue weighted by Crippen LogP contribution is 2.42. The molecule has 0 aromatic carbocycles. The van der Waals surface area contributed by atoms with Gasteiger partial charge in [0.25, 0.3) is 5.79 Å². The Labute approximate surface area is 684 Å². The average Bonchev–Trinajstić information content (AvgIpc) is 0.754. The zero-order valence-corrected chi connectivity index (χ0v) is 65.4. The van der Waals surface area contributed by atoms with E-state index in [1.807, 2.05) is 0 Å². The molecule has 0 aromatic rings. The van der Waals surface area contributed by atoms with Crippen molar-refractivity contribution < 1.29 is 249 Å². The first-order valence-electron chi connectivity index (χ1n) is 37.8. The summed E-state index contributed by atoms with van der Waals surface area (Å²) in [5, 5.41) is 288. The highest BCUT2D eigenvalue weighted by Gasteiger charge is 2.63. The maximum Gasteiger partial charge on any atom is 0.397 e. The molecule has 0 spiro atoms. The first kappa shape index (κ1) is 100. The lowest BCUT2D eigenvalue weighted by Gasteiger charge is -2.51. The summed E-state index contributed by atoms with van der Waals surface area (Å²) in [6.07, 6.45) is -91.4. The SMILES string of the molecule is CC(=O)N[C@H]1[C@H](O[C@H]2[C@H](O)[C@@H](NC(C)=O)C(O)O[C@@H]2CO[C@@H]2O[C@@H](C)[C@@H](O)[C@@H](O)[C@@H]2O)O[C@H](CO)[C@@H](O[C@@H]2O[C@H](CO[C@H]3O[C@H](CO)[C@@H](O)[C@H](O)[C@@H]3O)[C@@H](O)[C@H](O[C@H]3O[C@H](CO)[C@@H](O)[C@H](O)[C@@H]3O[C@@H]3O[C@H](COS(=O)(=O)O)[C@@H](O[C@@H]4O[C@H](CO)[C@H](O)[C@H](O[C@]5(C(=O)O)C[C@H](O)[C@@H](NC(C)=O)[C@H]([C@H](O)[C@H](O)CO)O5)[C@H]4O)[C@H](O)[C@H]3NC(C)=O)[C@@H]2O)[C@@H]1O. The van der Waals surface area contributed by atoms with Gasteiger partial charge >= 0.3 is 16.4 Å². The van der Waals surface area contributed by atoms with E-state index in [0.717, 1.165) is 27.7 Å². The quantitative estimate of drug-likeness (QED) is 0.0271. The third-order valence-corrected chi connectivity index (χ3v) is 21.9. The minimum atomic E-state index is -5.65. The van der Waals surface area contributed by atoms with Crippen LogP contribution in [0.2, 0.25) is 0 Å². The van der Waals surface area contributed by atoms with E-state index < -0.39 is 381 Å². The van der Waals surface area contributed by atoms with E-state index >= 15 is 0 Å². The zero-order chi connectivity index (χ0) is 89.8. The monoisotopic (exact) mass is 1790 g/mol. The van der Waals surface area contributed by atoms with Gasteiger partial charge in [-0.2, -0.15) is 8.42 Å². The van der Waals surface area contributed by atoms with Gasteiger partial charge in [-0.25, -0.2) is 8.98 Å². The van der Waals surface area contributed by atoms with Crippen LogP contribution >= 0.6 is 0 Å². The van der Waals surface area contributed by atoms with Crippen LogP contribution in [0, 0.1) is 0 Å². The molecule has 1 unspecified atom stereocenters. The van der Waals surface area contributed by atoms with Gasteiger partial charge in [0.15, 0.2) is 50.3 Å². The highest BCUT2D eigenvalue weighted by molar-refractivity contribution is 7.80. The molecular formula is C65H108N4O51S. The van der Waals surface area contributed by atoms with Crippen molar-refractivity contribution in [3.8, 4) is 0 Å². The number of carboxylic acid groups (broad SMARTS) is 1. The Morgan fingerprint density at radius 2 is 0.785 bits per heavy atom. The minimum absolute atomic E-state index is 0.802. The Bertz CT molecular complexity index is 3470. The number of nitrogens with one attached hydrogen (secondary N) is 4. The summed E-state index contributed by atoms with van der Waals surface area (Å²) in [5.74, 6) is -9.49. The molecule has 56 heteroatoms. The van der Waals surface area contributed by atoms with E-state index in [4.69, 9.17) is 80.5 Å². The molecule has 0 bridgehead atoms. The van der Waals surface area contributed by atoms with Gasteiger partial charge in [-0.05, 0) is 6.92 Å². The lowest BCUT2D eigenvalue weighted by molar-refractivity contribution is -0.400. The summed E-state index contributed by atoms with van der Waals surface area (Å²) in [5.41, 5.74) is 0. The predicted molar refractivity (Wildman–Crippen MR) is 370 cm³/mol. The van der Waals surface area contributed by atoms with Crippen molar-refractivity contribution in [1.82, 2.24) is 21.3 Å². The number of carboxylic acids is 1. The van der Waals surface area contributed by atoms with Crippen LogP contribution in [-0.4, -0.2) is 505 Å². The van der Waals surface area contributed by atoms with Gasteiger partial charge in [0.05, 0.1) is 71.1 Å². The molecule has 700 valence electrons. The lowest BCUT2D eigenvalue weighted by atomic mass is 9.88. The zero-order valence-electron chi connectivity index (χ0n) is 64.6. The Morgan fingerprint density at radius 1 is 0.397 bits per heavy atom. The fourth-order valence-corrected chi connectivity index (χ4v) is 15.5. The third kappa shape index (κ3) is 23.0. The Kier molecular flexibility index (Phi) is 35.4. The van der Waals surface area contributed by atoms with Crippen LogP contribution < -0.4 is 21.3 Å². The fourth-order valence-electron chi connectivity index (χ4n) is 15.2. The van der Waals surface area contributed by atoms with Crippen molar-refractivity contribution in [1.29, 1.82) is 0 Å². The minimum Gasteiger partial charge on any atom is -0.477 e. The Hall–Kier alpha value is -4.42. The third-order valence-electron chi connectivity index (χ3n) is 21.5. The first-order chi connectivity index (χ1) is 56.7. The largest absolute Gasteiger partial charge is 0.477 e. The Morgan fingerprint density at radius 3 is 1.30 bits per heavy atom. The number of rotatable bonds is 33. The molecule has 9 heterocycles. The number of carbonyl (C=O) groups excluding carboxylic acids is 4. The standard InChI is InChI=1S/C65H108N4O51S/c1-15-33(81)42(90)45(93)59(106-15)104-13-27-50(39(87)30(56(97)107-27)67-17(3)76)114-57-31(68-18(4)77)40(88)49(25(11-74)111-57)115-61-47(95)53(38(86)26(112-61)12-103-60-46(94)43(91)35(83)22(8-71)108-60)117-63-55(44(92)36(84)23(9-72)110-63)118-58-32(69-19(5)78)41(89)51(28(113-58)14-105-121(100,101)102)116-62-48(96)54(37(85)24(10-73)109-62)120-65(64(98)99)6-20(79)29(66-16(2)75)52(119-65)34(82)21(80)7-70/h15,20-63,70-74,79-97H,6-14H2,1-5H3,(H,66,75)(H,67,76)(H,68,77)(H,69,78)(H,98,99)(H,100,101,102)/t15-,20-,21+,22+,23+,24+,25+,26+,27+,28+,29+,30+,31+,32+,33+,34+,35+,36+,37-,38+,39+,40+,41+,42+,43-,44-,45-,46-,47-,48+,49+,50+,51+,52+,53-,54-,55-,56?,57-,58-,59+,60-,61-,62-,63+,65-/m0/s1. The van der Waals surface area contributed by atoms with Crippen molar-refractivity contribution in [2.24, 2.45) is 0 Å². The molecule has 30 N–H and O–H groups in total. The fraction of sp³-hybridized carbons (Fsp3) is 0.923. The van der Waals surface area contributed by atoms with E-state index in [1.165, 1.54) is 6.92 Å².